The number of hydrogen-bond donors (Lipinski definition) is 4. The van der Waals surface area contributed by atoms with E-state index < -0.39 is 28.9 Å². The number of hydrogen-bond acceptors (Lipinski definition) is 4. The molecule has 0 aliphatic rings. The van der Waals surface area contributed by atoms with Crippen LogP contribution in [0.1, 0.15) is 20.8 Å². The summed E-state index contributed by atoms with van der Waals surface area (Å²) in [4.78, 5) is 48.6. The molecule has 1 amide bonds. The molecule has 0 aliphatic heterocycles. The molecule has 2 rings (SSSR count). The predicted octanol–water partition coefficient (Wildman–Crippen LogP) is 0.153. The Balaban J connectivity index is 2.35. The molecule has 0 bridgehead atoms. The molecular formula is C12H8FN3O5. The summed E-state index contributed by atoms with van der Waals surface area (Å²) in [5, 5.41) is 10.9. The molecule has 0 saturated heterocycles. The van der Waals surface area contributed by atoms with Crippen molar-refractivity contribution in [1.29, 1.82) is 0 Å². The number of carbonyl (C=O) groups is 2. The number of H-pyrrole nitrogens is 2. The lowest BCUT2D eigenvalue weighted by Gasteiger charge is -2.07. The molecule has 2 aromatic rings. The molecule has 0 radical (unpaired) electrons. The van der Waals surface area contributed by atoms with Gasteiger partial charge in [0.2, 0.25) is 0 Å². The summed E-state index contributed by atoms with van der Waals surface area (Å²) in [7, 11) is 0. The highest BCUT2D eigenvalue weighted by Gasteiger charge is 2.13. The average molecular weight is 293 g/mol. The van der Waals surface area contributed by atoms with E-state index in [1.165, 1.54) is 0 Å². The molecule has 1 aromatic carbocycles. The number of benzene rings is 1. The summed E-state index contributed by atoms with van der Waals surface area (Å²) in [5.41, 5.74) is -2.70. The fourth-order valence-electron chi connectivity index (χ4n) is 1.53. The summed E-state index contributed by atoms with van der Waals surface area (Å²) in [6, 6.07) is 3.64. The maximum atomic E-state index is 13.5. The number of aromatic amines is 2. The Morgan fingerprint density at radius 1 is 1.14 bits per heavy atom. The minimum Gasteiger partial charge on any atom is -0.478 e. The Hall–Kier alpha value is -3.23. The minimum absolute atomic E-state index is 0.230. The summed E-state index contributed by atoms with van der Waals surface area (Å²) >= 11 is 0. The number of carboxylic acid groups (broad SMARTS) is 1. The third kappa shape index (κ3) is 3.21. The molecule has 0 aliphatic carbocycles. The standard InChI is InChI=1S/C12H8FN3O5/c13-6-2-1-5(11(19)20)3-7(6)14-10(18)8-4-9(17)16-12(21)15-8/h1-4H,(H,14,18)(H,19,20)(H2,15,16,17,21). The number of nitrogens with one attached hydrogen (secondary N) is 3. The van der Waals surface area contributed by atoms with Gasteiger partial charge in [-0.3, -0.25) is 14.6 Å². The summed E-state index contributed by atoms with van der Waals surface area (Å²) in [6.45, 7) is 0. The fourth-order valence-corrected chi connectivity index (χ4v) is 1.53. The van der Waals surface area contributed by atoms with Crippen LogP contribution in [0.15, 0.2) is 33.9 Å². The van der Waals surface area contributed by atoms with Crippen LogP contribution >= 0.6 is 0 Å². The molecule has 21 heavy (non-hydrogen) atoms. The number of anilines is 1. The molecule has 0 fully saturated rings. The monoisotopic (exact) mass is 293 g/mol. The molecule has 0 unspecified atom stereocenters. The van der Waals surface area contributed by atoms with Gasteiger partial charge in [0.05, 0.1) is 11.3 Å². The Kier molecular flexibility index (Phi) is 3.65. The summed E-state index contributed by atoms with van der Waals surface area (Å²) in [5.74, 6) is -3.12. The van der Waals surface area contributed by atoms with Crippen molar-refractivity contribution in [2.24, 2.45) is 0 Å². The lowest BCUT2D eigenvalue weighted by molar-refractivity contribution is 0.0696. The van der Waals surface area contributed by atoms with Crippen molar-refractivity contribution in [2.75, 3.05) is 5.32 Å². The van der Waals surface area contributed by atoms with Gasteiger partial charge in [0, 0.05) is 6.07 Å². The second kappa shape index (κ2) is 5.41. The van der Waals surface area contributed by atoms with Crippen molar-refractivity contribution in [3.05, 3.63) is 62.2 Å². The number of aromatic nitrogens is 2. The van der Waals surface area contributed by atoms with Gasteiger partial charge in [0.25, 0.3) is 11.5 Å². The molecule has 108 valence electrons. The lowest BCUT2D eigenvalue weighted by atomic mass is 10.2. The van der Waals surface area contributed by atoms with Gasteiger partial charge in [0.1, 0.15) is 11.5 Å². The van der Waals surface area contributed by atoms with Crippen molar-refractivity contribution in [1.82, 2.24) is 9.97 Å². The molecule has 0 saturated carbocycles. The van der Waals surface area contributed by atoms with Crippen molar-refractivity contribution >= 4 is 17.6 Å². The van der Waals surface area contributed by atoms with Crippen molar-refractivity contribution < 1.29 is 19.1 Å². The van der Waals surface area contributed by atoms with Crippen LogP contribution in [0.3, 0.4) is 0 Å². The van der Waals surface area contributed by atoms with E-state index >= 15 is 0 Å². The van der Waals surface area contributed by atoms with Gasteiger partial charge in [-0.15, -0.1) is 0 Å². The van der Waals surface area contributed by atoms with Crippen LogP contribution in [0, 0.1) is 5.82 Å². The molecule has 4 N–H and O–H groups in total. The van der Waals surface area contributed by atoms with Crippen LogP contribution < -0.4 is 16.6 Å². The van der Waals surface area contributed by atoms with E-state index in [0.29, 0.717) is 0 Å². The maximum Gasteiger partial charge on any atom is 0.335 e. The summed E-state index contributed by atoms with van der Waals surface area (Å²) < 4.78 is 13.5. The highest BCUT2D eigenvalue weighted by molar-refractivity contribution is 6.03. The van der Waals surface area contributed by atoms with E-state index in [-0.39, 0.29) is 16.9 Å². The second-order valence-corrected chi connectivity index (χ2v) is 3.96. The van der Waals surface area contributed by atoms with E-state index in [2.05, 4.69) is 10.3 Å². The highest BCUT2D eigenvalue weighted by Crippen LogP contribution is 2.16. The topological polar surface area (TPSA) is 132 Å². The van der Waals surface area contributed by atoms with Crippen molar-refractivity contribution in [3.63, 3.8) is 0 Å². The number of amides is 1. The number of halogens is 1. The third-order valence-electron chi connectivity index (χ3n) is 2.47. The Labute approximate surface area is 115 Å². The zero-order chi connectivity index (χ0) is 15.6. The van der Waals surface area contributed by atoms with Gasteiger partial charge < -0.3 is 15.4 Å². The Morgan fingerprint density at radius 3 is 2.48 bits per heavy atom. The van der Waals surface area contributed by atoms with Crippen LogP contribution in [0.25, 0.3) is 0 Å². The first-order chi connectivity index (χ1) is 9.86. The first kappa shape index (κ1) is 14.2. The van der Waals surface area contributed by atoms with Crippen LogP contribution in [0.5, 0.6) is 0 Å². The number of aromatic carboxylic acids is 1. The molecule has 8 nitrogen and oxygen atoms in total. The minimum atomic E-state index is -1.30. The maximum absolute atomic E-state index is 13.5. The van der Waals surface area contributed by atoms with Gasteiger partial charge in [-0.1, -0.05) is 0 Å². The molecule has 0 atom stereocenters. The molecule has 1 aromatic heterocycles. The van der Waals surface area contributed by atoms with Gasteiger partial charge in [-0.2, -0.15) is 0 Å². The Bertz CT molecular complexity index is 811. The largest absolute Gasteiger partial charge is 0.478 e. The zero-order valence-electron chi connectivity index (χ0n) is 10.3. The van der Waals surface area contributed by atoms with Crippen molar-refractivity contribution in [2.45, 2.75) is 0 Å². The molecule has 1 heterocycles. The van der Waals surface area contributed by atoms with Gasteiger partial charge in [0.15, 0.2) is 0 Å². The number of rotatable bonds is 3. The SMILES string of the molecule is O=C(O)c1ccc(F)c(NC(=O)c2cc(=O)[nH]c(=O)[nH]2)c1. The average Bonchev–Trinajstić information content (AvgIpc) is 2.39. The fraction of sp³-hybridized carbons (Fsp3) is 0. The second-order valence-electron chi connectivity index (χ2n) is 3.96. The van der Waals surface area contributed by atoms with E-state index in [1.54, 1.807) is 0 Å². The molecule has 0 spiro atoms. The van der Waals surface area contributed by atoms with Crippen LogP contribution in [-0.2, 0) is 0 Å². The van der Waals surface area contributed by atoms with E-state index in [9.17, 15) is 23.6 Å². The molecular weight excluding hydrogens is 285 g/mol. The normalized spacial score (nSPS) is 10.1. The zero-order valence-corrected chi connectivity index (χ0v) is 10.3. The summed E-state index contributed by atoms with van der Waals surface area (Å²) in [6.07, 6.45) is 0. The van der Waals surface area contributed by atoms with E-state index in [0.717, 1.165) is 24.3 Å². The van der Waals surface area contributed by atoms with Crippen molar-refractivity contribution in [3.8, 4) is 0 Å². The third-order valence-corrected chi connectivity index (χ3v) is 2.47. The lowest BCUT2D eigenvalue weighted by Crippen LogP contribution is -2.27. The van der Waals surface area contributed by atoms with Crippen LogP contribution in [-0.4, -0.2) is 27.0 Å². The first-order valence-electron chi connectivity index (χ1n) is 5.54. The highest BCUT2D eigenvalue weighted by atomic mass is 19.1. The first-order valence-corrected chi connectivity index (χ1v) is 5.54. The number of carbonyl (C=O) groups excluding carboxylic acids is 1. The predicted molar refractivity (Wildman–Crippen MR) is 69.0 cm³/mol. The quantitative estimate of drug-likeness (QED) is 0.639. The van der Waals surface area contributed by atoms with Gasteiger partial charge in [-0.25, -0.2) is 14.0 Å². The van der Waals surface area contributed by atoms with Crippen LogP contribution in [0.2, 0.25) is 0 Å². The Morgan fingerprint density at radius 2 is 1.86 bits per heavy atom. The van der Waals surface area contributed by atoms with Gasteiger partial charge >= 0.3 is 11.7 Å². The molecule has 9 heteroatoms. The van der Waals surface area contributed by atoms with Crippen LogP contribution in [0.4, 0.5) is 10.1 Å². The van der Waals surface area contributed by atoms with Gasteiger partial charge in [-0.05, 0) is 18.2 Å². The van der Waals surface area contributed by atoms with E-state index in [4.69, 9.17) is 5.11 Å². The number of carboxylic acids is 1. The van der Waals surface area contributed by atoms with E-state index in [1.807, 2.05) is 4.98 Å². The smallest absolute Gasteiger partial charge is 0.335 e.